The molecular formula is C14H11F2NO3S. The number of thiophene rings is 1. The number of hydrogen-bond acceptors (Lipinski definition) is 3. The Morgan fingerprint density at radius 3 is 2.43 bits per heavy atom. The average Bonchev–Trinajstić information content (AvgIpc) is 2.68. The Balaban J connectivity index is 2.33. The Morgan fingerprint density at radius 1 is 1.19 bits per heavy atom. The number of aryl methyl sites for hydroxylation is 1. The van der Waals surface area contributed by atoms with Crippen molar-refractivity contribution in [1.82, 2.24) is 0 Å². The molecule has 0 fully saturated rings. The lowest BCUT2D eigenvalue weighted by Crippen LogP contribution is -2.14. The number of rotatable bonds is 3. The predicted octanol–water partition coefficient (Wildman–Crippen LogP) is 3.59. The summed E-state index contributed by atoms with van der Waals surface area (Å²) in [6.45, 7) is 3.38. The molecule has 0 bridgehead atoms. The zero-order chi connectivity index (χ0) is 15.7. The van der Waals surface area contributed by atoms with Crippen LogP contribution in [-0.2, 0) is 0 Å². The Labute approximate surface area is 123 Å². The molecule has 0 unspecified atom stereocenters. The van der Waals surface area contributed by atoms with Crippen molar-refractivity contribution in [2.45, 2.75) is 13.8 Å². The standard InChI is InChI=1S/C14H11F2NO3S/c1-6-7(2)21-13(11(6)14(19)20)17-12(18)8-3-4-9(15)10(16)5-8/h3-5H,1-2H3,(H,17,18)(H,19,20). The molecule has 110 valence electrons. The van der Waals surface area contributed by atoms with Gasteiger partial charge in [-0.15, -0.1) is 11.3 Å². The first-order valence-electron chi connectivity index (χ1n) is 5.91. The van der Waals surface area contributed by atoms with E-state index in [-0.39, 0.29) is 16.1 Å². The number of carbonyl (C=O) groups is 2. The first kappa shape index (κ1) is 15.1. The van der Waals surface area contributed by atoms with Crippen molar-refractivity contribution in [3.63, 3.8) is 0 Å². The van der Waals surface area contributed by atoms with Crippen molar-refractivity contribution in [3.05, 3.63) is 51.4 Å². The molecule has 1 aromatic heterocycles. The van der Waals surface area contributed by atoms with Crippen LogP contribution < -0.4 is 5.32 Å². The number of aromatic carboxylic acids is 1. The van der Waals surface area contributed by atoms with E-state index in [1.165, 1.54) is 0 Å². The SMILES string of the molecule is Cc1sc(NC(=O)c2ccc(F)c(F)c2)c(C(=O)O)c1C. The summed E-state index contributed by atoms with van der Waals surface area (Å²) in [5.74, 6) is -4.05. The molecule has 0 aliphatic carbocycles. The second-order valence-electron chi connectivity index (χ2n) is 4.38. The van der Waals surface area contributed by atoms with Gasteiger partial charge in [-0.05, 0) is 37.6 Å². The van der Waals surface area contributed by atoms with Crippen molar-refractivity contribution >= 4 is 28.2 Å². The molecule has 0 aliphatic heterocycles. The van der Waals surface area contributed by atoms with Gasteiger partial charge in [-0.3, -0.25) is 4.79 Å². The molecule has 0 saturated carbocycles. The van der Waals surface area contributed by atoms with Crippen LogP contribution in [0.3, 0.4) is 0 Å². The third-order valence-corrected chi connectivity index (χ3v) is 4.13. The molecule has 0 radical (unpaired) electrons. The molecule has 7 heteroatoms. The number of anilines is 1. The first-order chi connectivity index (χ1) is 9.81. The van der Waals surface area contributed by atoms with Crippen molar-refractivity contribution in [2.24, 2.45) is 0 Å². The van der Waals surface area contributed by atoms with Gasteiger partial charge in [0.1, 0.15) is 5.00 Å². The minimum absolute atomic E-state index is 0.00781. The summed E-state index contributed by atoms with van der Waals surface area (Å²) in [5.41, 5.74) is 0.482. The number of nitrogens with one attached hydrogen (secondary N) is 1. The van der Waals surface area contributed by atoms with E-state index >= 15 is 0 Å². The Bertz CT molecular complexity index is 740. The summed E-state index contributed by atoms with van der Waals surface area (Å²) >= 11 is 1.12. The van der Waals surface area contributed by atoms with E-state index < -0.39 is 23.5 Å². The third-order valence-electron chi connectivity index (χ3n) is 3.01. The summed E-state index contributed by atoms with van der Waals surface area (Å²) in [7, 11) is 0. The van der Waals surface area contributed by atoms with Gasteiger partial charge >= 0.3 is 5.97 Å². The molecule has 1 aromatic carbocycles. The Kier molecular flexibility index (Phi) is 4.04. The molecular weight excluding hydrogens is 300 g/mol. The zero-order valence-electron chi connectivity index (χ0n) is 11.2. The van der Waals surface area contributed by atoms with Gasteiger partial charge in [-0.1, -0.05) is 0 Å². The summed E-state index contributed by atoms with van der Waals surface area (Å²) in [5, 5.41) is 11.8. The van der Waals surface area contributed by atoms with Crippen LogP contribution >= 0.6 is 11.3 Å². The molecule has 0 atom stereocenters. The van der Waals surface area contributed by atoms with Gasteiger partial charge in [0.2, 0.25) is 0 Å². The number of carbonyl (C=O) groups excluding carboxylic acids is 1. The summed E-state index contributed by atoms with van der Waals surface area (Å²) in [6.07, 6.45) is 0. The van der Waals surface area contributed by atoms with Crippen LogP contribution in [0.4, 0.5) is 13.8 Å². The number of carboxylic acid groups (broad SMARTS) is 1. The molecule has 0 saturated heterocycles. The lowest BCUT2D eigenvalue weighted by molar-refractivity contribution is 0.0697. The maximum Gasteiger partial charge on any atom is 0.338 e. The lowest BCUT2D eigenvalue weighted by Gasteiger charge is -2.05. The van der Waals surface area contributed by atoms with E-state index in [1.807, 2.05) is 0 Å². The minimum atomic E-state index is -1.16. The van der Waals surface area contributed by atoms with Crippen LogP contribution in [0.25, 0.3) is 0 Å². The fourth-order valence-electron chi connectivity index (χ4n) is 1.79. The van der Waals surface area contributed by atoms with E-state index in [2.05, 4.69) is 5.32 Å². The number of carboxylic acids is 1. The molecule has 0 aliphatic rings. The van der Waals surface area contributed by atoms with E-state index in [9.17, 15) is 18.4 Å². The first-order valence-corrected chi connectivity index (χ1v) is 6.72. The van der Waals surface area contributed by atoms with Crippen LogP contribution in [0.1, 0.15) is 31.2 Å². The maximum atomic E-state index is 13.1. The van der Waals surface area contributed by atoms with E-state index in [0.29, 0.717) is 5.56 Å². The van der Waals surface area contributed by atoms with E-state index in [4.69, 9.17) is 5.11 Å². The average molecular weight is 311 g/mol. The largest absolute Gasteiger partial charge is 0.478 e. The molecule has 4 nitrogen and oxygen atoms in total. The maximum absolute atomic E-state index is 13.1. The van der Waals surface area contributed by atoms with Crippen LogP contribution in [-0.4, -0.2) is 17.0 Å². The third kappa shape index (κ3) is 2.92. The lowest BCUT2D eigenvalue weighted by atomic mass is 10.1. The summed E-state index contributed by atoms with van der Waals surface area (Å²) in [6, 6.07) is 2.73. The minimum Gasteiger partial charge on any atom is -0.478 e. The molecule has 0 spiro atoms. The molecule has 2 rings (SSSR count). The Morgan fingerprint density at radius 2 is 1.86 bits per heavy atom. The highest BCUT2D eigenvalue weighted by Crippen LogP contribution is 2.32. The smallest absolute Gasteiger partial charge is 0.338 e. The van der Waals surface area contributed by atoms with Crippen molar-refractivity contribution < 1.29 is 23.5 Å². The molecule has 1 amide bonds. The topological polar surface area (TPSA) is 66.4 Å². The van der Waals surface area contributed by atoms with Crippen LogP contribution in [0.2, 0.25) is 0 Å². The van der Waals surface area contributed by atoms with Gasteiger partial charge < -0.3 is 10.4 Å². The van der Waals surface area contributed by atoms with Gasteiger partial charge in [0.25, 0.3) is 5.91 Å². The highest BCUT2D eigenvalue weighted by Gasteiger charge is 2.21. The number of hydrogen-bond donors (Lipinski definition) is 2. The van der Waals surface area contributed by atoms with Gasteiger partial charge in [0, 0.05) is 10.4 Å². The van der Waals surface area contributed by atoms with Crippen molar-refractivity contribution in [2.75, 3.05) is 5.32 Å². The van der Waals surface area contributed by atoms with Crippen LogP contribution in [0, 0.1) is 25.5 Å². The fourth-order valence-corrected chi connectivity index (χ4v) is 2.83. The second-order valence-corrected chi connectivity index (χ2v) is 5.60. The molecule has 2 aromatic rings. The predicted molar refractivity (Wildman–Crippen MR) is 75.1 cm³/mol. The van der Waals surface area contributed by atoms with Crippen LogP contribution in [0.5, 0.6) is 0 Å². The van der Waals surface area contributed by atoms with E-state index in [1.54, 1.807) is 13.8 Å². The summed E-state index contributed by atoms with van der Waals surface area (Å²) < 4.78 is 25.9. The second kappa shape index (κ2) is 5.61. The van der Waals surface area contributed by atoms with Crippen molar-refractivity contribution in [1.29, 1.82) is 0 Å². The van der Waals surface area contributed by atoms with Gasteiger partial charge in [-0.25, -0.2) is 13.6 Å². The zero-order valence-corrected chi connectivity index (χ0v) is 12.0. The highest BCUT2D eigenvalue weighted by atomic mass is 32.1. The van der Waals surface area contributed by atoms with Gasteiger partial charge in [0.15, 0.2) is 11.6 Å². The quantitative estimate of drug-likeness (QED) is 0.910. The van der Waals surface area contributed by atoms with Crippen molar-refractivity contribution in [3.8, 4) is 0 Å². The highest BCUT2D eigenvalue weighted by molar-refractivity contribution is 7.16. The number of benzene rings is 1. The Hall–Kier alpha value is -2.28. The normalized spacial score (nSPS) is 10.5. The van der Waals surface area contributed by atoms with Gasteiger partial charge in [-0.2, -0.15) is 0 Å². The number of amides is 1. The molecule has 2 N–H and O–H groups in total. The fraction of sp³-hybridized carbons (Fsp3) is 0.143. The van der Waals surface area contributed by atoms with Gasteiger partial charge in [0.05, 0.1) is 5.56 Å². The molecule has 21 heavy (non-hydrogen) atoms. The monoisotopic (exact) mass is 311 g/mol. The number of halogens is 2. The summed E-state index contributed by atoms with van der Waals surface area (Å²) in [4.78, 5) is 24.0. The molecule has 1 heterocycles. The van der Waals surface area contributed by atoms with E-state index in [0.717, 1.165) is 34.4 Å². The van der Waals surface area contributed by atoms with Crippen LogP contribution in [0.15, 0.2) is 18.2 Å².